The van der Waals surface area contributed by atoms with Gasteiger partial charge in [0.15, 0.2) is 10.6 Å². The predicted molar refractivity (Wildman–Crippen MR) is 105 cm³/mol. The fourth-order valence-electron chi connectivity index (χ4n) is 3.09. The van der Waals surface area contributed by atoms with Crippen molar-refractivity contribution in [3.8, 4) is 11.4 Å². The second-order valence-corrected chi connectivity index (χ2v) is 7.40. The minimum absolute atomic E-state index is 0.0768. The van der Waals surface area contributed by atoms with Crippen molar-refractivity contribution in [2.24, 2.45) is 4.99 Å². The SMILES string of the molecule is Fc1ccc(N=c2scc(-c3cnccn3)n2CCOCC2CCCO2)c(F)c1. The zero-order valence-electron chi connectivity index (χ0n) is 15.6. The normalized spacial score (nSPS) is 17.2. The van der Waals surface area contributed by atoms with Gasteiger partial charge in [-0.1, -0.05) is 0 Å². The van der Waals surface area contributed by atoms with Gasteiger partial charge in [0, 0.05) is 37.0 Å². The first-order valence-electron chi connectivity index (χ1n) is 9.34. The van der Waals surface area contributed by atoms with E-state index in [1.165, 1.54) is 23.5 Å². The third-order valence-corrected chi connectivity index (χ3v) is 5.40. The molecule has 2 aromatic heterocycles. The Kier molecular flexibility index (Phi) is 6.38. The minimum Gasteiger partial charge on any atom is -0.377 e. The number of thiazole rings is 1. The monoisotopic (exact) mass is 418 g/mol. The van der Waals surface area contributed by atoms with Crippen molar-refractivity contribution in [2.45, 2.75) is 25.5 Å². The molecule has 3 aromatic rings. The van der Waals surface area contributed by atoms with Gasteiger partial charge in [0.05, 0.1) is 31.2 Å². The molecule has 4 rings (SSSR count). The van der Waals surface area contributed by atoms with Gasteiger partial charge in [-0.3, -0.25) is 9.97 Å². The number of nitrogens with zero attached hydrogens (tertiary/aromatic N) is 4. The van der Waals surface area contributed by atoms with Gasteiger partial charge in [-0.05, 0) is 25.0 Å². The summed E-state index contributed by atoms with van der Waals surface area (Å²) in [5.41, 5.74) is 1.57. The first-order chi connectivity index (χ1) is 14.2. The molecule has 1 unspecified atom stereocenters. The number of benzene rings is 1. The maximum absolute atomic E-state index is 14.1. The van der Waals surface area contributed by atoms with E-state index in [0.29, 0.717) is 30.3 Å². The Bertz CT molecular complexity index is 1020. The lowest BCUT2D eigenvalue weighted by atomic mass is 10.2. The van der Waals surface area contributed by atoms with Gasteiger partial charge >= 0.3 is 0 Å². The number of ether oxygens (including phenoxy) is 2. The highest BCUT2D eigenvalue weighted by atomic mass is 32.1. The largest absolute Gasteiger partial charge is 0.377 e. The molecule has 1 atom stereocenters. The summed E-state index contributed by atoms with van der Waals surface area (Å²) in [6.45, 7) is 2.29. The molecule has 0 N–H and O–H groups in total. The lowest BCUT2D eigenvalue weighted by Gasteiger charge is -2.12. The Labute approximate surface area is 170 Å². The topological polar surface area (TPSA) is 61.5 Å². The second kappa shape index (κ2) is 9.34. The maximum Gasteiger partial charge on any atom is 0.190 e. The van der Waals surface area contributed by atoms with Crippen LogP contribution >= 0.6 is 11.3 Å². The summed E-state index contributed by atoms with van der Waals surface area (Å²) in [6, 6.07) is 3.34. The third-order valence-electron chi connectivity index (χ3n) is 4.54. The highest BCUT2D eigenvalue weighted by Crippen LogP contribution is 2.20. The number of rotatable bonds is 7. The molecule has 1 saturated heterocycles. The maximum atomic E-state index is 14.1. The average Bonchev–Trinajstić information content (AvgIpc) is 3.38. The Morgan fingerprint density at radius 1 is 1.31 bits per heavy atom. The molecular formula is C20H20F2N4O2S. The Morgan fingerprint density at radius 3 is 3.00 bits per heavy atom. The molecule has 9 heteroatoms. The van der Waals surface area contributed by atoms with Gasteiger partial charge < -0.3 is 14.0 Å². The molecule has 0 spiro atoms. The van der Waals surface area contributed by atoms with E-state index in [1.54, 1.807) is 18.6 Å². The highest BCUT2D eigenvalue weighted by molar-refractivity contribution is 7.07. The molecule has 0 aliphatic carbocycles. The summed E-state index contributed by atoms with van der Waals surface area (Å²) >= 11 is 1.35. The van der Waals surface area contributed by atoms with E-state index in [1.807, 2.05) is 9.95 Å². The summed E-state index contributed by atoms with van der Waals surface area (Å²) in [7, 11) is 0. The minimum atomic E-state index is -0.708. The first kappa shape index (κ1) is 19.8. The molecule has 0 saturated carbocycles. The fraction of sp³-hybridized carbons (Fsp3) is 0.350. The first-order valence-corrected chi connectivity index (χ1v) is 10.2. The lowest BCUT2D eigenvalue weighted by Crippen LogP contribution is -2.21. The van der Waals surface area contributed by atoms with Gasteiger partial charge in [-0.2, -0.15) is 0 Å². The standard InChI is InChI=1S/C20H20F2N4O2S/c21-14-3-4-17(16(22)10-14)25-20-26(7-9-27-12-15-2-1-8-28-15)19(13-29-20)18-11-23-5-6-24-18/h3-6,10-11,13,15H,1-2,7-9,12H2. The van der Waals surface area contributed by atoms with Crippen LogP contribution in [0.3, 0.4) is 0 Å². The van der Waals surface area contributed by atoms with Crippen molar-refractivity contribution in [1.29, 1.82) is 0 Å². The van der Waals surface area contributed by atoms with Crippen LogP contribution in [-0.2, 0) is 16.0 Å². The number of aromatic nitrogens is 3. The van der Waals surface area contributed by atoms with Crippen molar-refractivity contribution in [1.82, 2.24) is 14.5 Å². The van der Waals surface area contributed by atoms with Crippen LogP contribution in [0.25, 0.3) is 11.4 Å². The second-order valence-electron chi connectivity index (χ2n) is 6.56. The van der Waals surface area contributed by atoms with Crippen LogP contribution in [-0.4, -0.2) is 40.5 Å². The molecule has 3 heterocycles. The zero-order chi connectivity index (χ0) is 20.1. The smallest absolute Gasteiger partial charge is 0.190 e. The van der Waals surface area contributed by atoms with E-state index in [4.69, 9.17) is 9.47 Å². The van der Waals surface area contributed by atoms with E-state index in [-0.39, 0.29) is 11.8 Å². The van der Waals surface area contributed by atoms with Gasteiger partial charge in [0.1, 0.15) is 17.2 Å². The number of hydrogen-bond donors (Lipinski definition) is 0. The van der Waals surface area contributed by atoms with Gasteiger partial charge in [0.25, 0.3) is 0 Å². The van der Waals surface area contributed by atoms with Crippen LogP contribution in [0, 0.1) is 11.6 Å². The third kappa shape index (κ3) is 4.92. The van der Waals surface area contributed by atoms with Crippen molar-refractivity contribution in [3.05, 3.63) is 58.6 Å². The zero-order valence-corrected chi connectivity index (χ0v) is 16.4. The van der Waals surface area contributed by atoms with Crippen LogP contribution < -0.4 is 4.80 Å². The molecule has 6 nitrogen and oxygen atoms in total. The van der Waals surface area contributed by atoms with Gasteiger partial charge in [0.2, 0.25) is 0 Å². The Balaban J connectivity index is 1.60. The number of halogens is 2. The van der Waals surface area contributed by atoms with Crippen molar-refractivity contribution >= 4 is 17.0 Å². The molecule has 1 fully saturated rings. The molecule has 1 aliphatic rings. The molecule has 0 amide bonds. The highest BCUT2D eigenvalue weighted by Gasteiger charge is 2.16. The van der Waals surface area contributed by atoms with Crippen LogP contribution in [0.2, 0.25) is 0 Å². The van der Waals surface area contributed by atoms with E-state index in [0.717, 1.165) is 31.2 Å². The van der Waals surface area contributed by atoms with Gasteiger partial charge in [-0.25, -0.2) is 13.8 Å². The van der Waals surface area contributed by atoms with Crippen LogP contribution in [0.1, 0.15) is 12.8 Å². The summed E-state index contributed by atoms with van der Waals surface area (Å²) in [5, 5.41) is 1.89. The quantitative estimate of drug-likeness (QED) is 0.549. The van der Waals surface area contributed by atoms with E-state index in [9.17, 15) is 8.78 Å². The molecular weight excluding hydrogens is 398 g/mol. The predicted octanol–water partition coefficient (Wildman–Crippen LogP) is 3.71. The molecule has 1 aromatic carbocycles. The molecule has 0 bridgehead atoms. The lowest BCUT2D eigenvalue weighted by molar-refractivity contribution is 0.0148. The Hall–Kier alpha value is -2.49. The molecule has 0 radical (unpaired) electrons. The summed E-state index contributed by atoms with van der Waals surface area (Å²) in [5.74, 6) is -1.34. The summed E-state index contributed by atoms with van der Waals surface area (Å²) in [6.07, 6.45) is 7.11. The molecule has 1 aliphatic heterocycles. The van der Waals surface area contributed by atoms with E-state index in [2.05, 4.69) is 15.0 Å². The average molecular weight is 418 g/mol. The van der Waals surface area contributed by atoms with Crippen LogP contribution in [0.5, 0.6) is 0 Å². The fourth-order valence-corrected chi connectivity index (χ4v) is 4.03. The van der Waals surface area contributed by atoms with Crippen LogP contribution in [0.4, 0.5) is 14.5 Å². The molecule has 152 valence electrons. The molecule has 29 heavy (non-hydrogen) atoms. The van der Waals surface area contributed by atoms with Crippen molar-refractivity contribution in [2.75, 3.05) is 19.8 Å². The van der Waals surface area contributed by atoms with E-state index < -0.39 is 11.6 Å². The number of hydrogen-bond acceptors (Lipinski definition) is 6. The summed E-state index contributed by atoms with van der Waals surface area (Å²) < 4.78 is 40.5. The Morgan fingerprint density at radius 2 is 2.24 bits per heavy atom. The van der Waals surface area contributed by atoms with Crippen molar-refractivity contribution < 1.29 is 18.3 Å². The summed E-state index contributed by atoms with van der Waals surface area (Å²) in [4.78, 5) is 13.4. The van der Waals surface area contributed by atoms with E-state index >= 15 is 0 Å². The van der Waals surface area contributed by atoms with Crippen molar-refractivity contribution in [3.63, 3.8) is 0 Å². The van der Waals surface area contributed by atoms with Gasteiger partial charge in [-0.15, -0.1) is 11.3 Å². The van der Waals surface area contributed by atoms with Crippen LogP contribution in [0.15, 0.2) is 47.2 Å².